The van der Waals surface area contributed by atoms with Crippen molar-refractivity contribution in [2.75, 3.05) is 12.4 Å². The second-order valence-corrected chi connectivity index (χ2v) is 4.43. The number of aromatic nitrogens is 2. The van der Waals surface area contributed by atoms with Crippen molar-refractivity contribution in [3.05, 3.63) is 60.4 Å². The third kappa shape index (κ3) is 2.81. The van der Waals surface area contributed by atoms with Crippen LogP contribution >= 0.6 is 0 Å². The molecule has 0 aliphatic carbocycles. The van der Waals surface area contributed by atoms with Crippen LogP contribution in [0, 0.1) is 0 Å². The summed E-state index contributed by atoms with van der Waals surface area (Å²) in [6.45, 7) is 0. The number of ether oxygens (including phenoxy) is 1. The molecule has 0 bridgehead atoms. The number of nitrogens with one attached hydrogen (secondary N) is 1. The van der Waals surface area contributed by atoms with Gasteiger partial charge in [0.1, 0.15) is 11.4 Å². The van der Waals surface area contributed by atoms with E-state index in [9.17, 15) is 4.79 Å². The molecule has 21 heavy (non-hydrogen) atoms. The fraction of sp³-hybridized carbons (Fsp3) is 0.0625. The Morgan fingerprint density at radius 1 is 1.10 bits per heavy atom. The standard InChI is InChI=1S/C16H13N3O2/c1-21-13-7-5-12(6-8-13)18-16(20)14-9-4-11-3-2-10-17-15(11)19-14/h2-10H,1H3,(H,18,20). The molecule has 0 saturated carbocycles. The van der Waals surface area contributed by atoms with Crippen molar-refractivity contribution in [2.45, 2.75) is 0 Å². The van der Waals surface area contributed by atoms with Crippen LogP contribution in [0.1, 0.15) is 10.5 Å². The molecule has 1 aromatic carbocycles. The molecule has 5 heteroatoms. The Morgan fingerprint density at radius 3 is 2.67 bits per heavy atom. The molecular formula is C16H13N3O2. The van der Waals surface area contributed by atoms with Crippen molar-refractivity contribution in [1.29, 1.82) is 0 Å². The summed E-state index contributed by atoms with van der Waals surface area (Å²) in [5.41, 5.74) is 1.57. The second-order valence-electron chi connectivity index (χ2n) is 4.43. The normalized spacial score (nSPS) is 10.3. The topological polar surface area (TPSA) is 64.1 Å². The first kappa shape index (κ1) is 13.1. The van der Waals surface area contributed by atoms with E-state index in [0.717, 1.165) is 11.1 Å². The number of carbonyl (C=O) groups excluding carboxylic acids is 1. The number of hydrogen-bond acceptors (Lipinski definition) is 4. The van der Waals surface area contributed by atoms with E-state index in [4.69, 9.17) is 4.74 Å². The Balaban J connectivity index is 1.82. The summed E-state index contributed by atoms with van der Waals surface area (Å²) in [6, 6.07) is 14.4. The zero-order valence-electron chi connectivity index (χ0n) is 11.4. The SMILES string of the molecule is COc1ccc(NC(=O)c2ccc3cccnc3n2)cc1. The maximum atomic E-state index is 12.2. The number of nitrogens with zero attached hydrogens (tertiary/aromatic N) is 2. The molecule has 0 unspecified atom stereocenters. The number of rotatable bonds is 3. The van der Waals surface area contributed by atoms with E-state index in [1.807, 2.05) is 18.2 Å². The lowest BCUT2D eigenvalue weighted by Gasteiger charge is -2.06. The van der Waals surface area contributed by atoms with Crippen LogP contribution in [0.15, 0.2) is 54.7 Å². The van der Waals surface area contributed by atoms with Crippen LogP contribution in [0.4, 0.5) is 5.69 Å². The number of benzene rings is 1. The summed E-state index contributed by atoms with van der Waals surface area (Å²) < 4.78 is 5.07. The summed E-state index contributed by atoms with van der Waals surface area (Å²) in [4.78, 5) is 20.6. The van der Waals surface area contributed by atoms with Crippen molar-refractivity contribution >= 4 is 22.6 Å². The van der Waals surface area contributed by atoms with Crippen molar-refractivity contribution < 1.29 is 9.53 Å². The minimum atomic E-state index is -0.271. The average Bonchev–Trinajstić information content (AvgIpc) is 2.55. The number of methoxy groups -OCH3 is 1. The lowest BCUT2D eigenvalue weighted by molar-refractivity contribution is 0.102. The summed E-state index contributed by atoms with van der Waals surface area (Å²) in [7, 11) is 1.60. The molecule has 3 aromatic rings. The number of fused-ring (bicyclic) bond motifs is 1. The van der Waals surface area contributed by atoms with Gasteiger partial charge in [-0.15, -0.1) is 0 Å². The van der Waals surface area contributed by atoms with Crippen LogP contribution < -0.4 is 10.1 Å². The number of anilines is 1. The molecule has 3 rings (SSSR count). The molecule has 2 aromatic heterocycles. The Kier molecular flexibility index (Phi) is 3.47. The third-order valence-corrected chi connectivity index (χ3v) is 3.04. The quantitative estimate of drug-likeness (QED) is 0.800. The van der Waals surface area contributed by atoms with Crippen LogP contribution in [-0.2, 0) is 0 Å². The summed E-state index contributed by atoms with van der Waals surface area (Å²) in [5.74, 6) is 0.466. The van der Waals surface area contributed by atoms with Gasteiger partial charge in [-0.2, -0.15) is 0 Å². The molecule has 2 heterocycles. The van der Waals surface area contributed by atoms with Crippen LogP contribution in [0.25, 0.3) is 11.0 Å². The third-order valence-electron chi connectivity index (χ3n) is 3.04. The van der Waals surface area contributed by atoms with E-state index >= 15 is 0 Å². The van der Waals surface area contributed by atoms with E-state index < -0.39 is 0 Å². The highest BCUT2D eigenvalue weighted by molar-refractivity contribution is 6.03. The highest BCUT2D eigenvalue weighted by atomic mass is 16.5. The summed E-state index contributed by atoms with van der Waals surface area (Å²) in [6.07, 6.45) is 1.65. The van der Waals surface area contributed by atoms with Gasteiger partial charge in [-0.05, 0) is 48.5 Å². The van der Waals surface area contributed by atoms with Gasteiger partial charge in [0.2, 0.25) is 0 Å². The molecule has 0 radical (unpaired) electrons. The van der Waals surface area contributed by atoms with Gasteiger partial charge in [-0.1, -0.05) is 0 Å². The lowest BCUT2D eigenvalue weighted by Crippen LogP contribution is -2.13. The highest BCUT2D eigenvalue weighted by Gasteiger charge is 2.09. The number of hydrogen-bond donors (Lipinski definition) is 1. The van der Waals surface area contributed by atoms with E-state index in [-0.39, 0.29) is 5.91 Å². The van der Waals surface area contributed by atoms with Gasteiger partial charge in [0.25, 0.3) is 5.91 Å². The smallest absolute Gasteiger partial charge is 0.274 e. The number of amides is 1. The van der Waals surface area contributed by atoms with Gasteiger partial charge < -0.3 is 10.1 Å². The fourth-order valence-corrected chi connectivity index (χ4v) is 1.95. The van der Waals surface area contributed by atoms with Gasteiger partial charge >= 0.3 is 0 Å². The molecule has 5 nitrogen and oxygen atoms in total. The van der Waals surface area contributed by atoms with Gasteiger partial charge in [-0.25, -0.2) is 9.97 Å². The van der Waals surface area contributed by atoms with E-state index in [1.165, 1.54) is 0 Å². The van der Waals surface area contributed by atoms with Crippen molar-refractivity contribution in [3.8, 4) is 5.75 Å². The zero-order valence-corrected chi connectivity index (χ0v) is 11.4. The number of carbonyl (C=O) groups is 1. The van der Waals surface area contributed by atoms with Crippen LogP contribution in [0.2, 0.25) is 0 Å². The fourth-order valence-electron chi connectivity index (χ4n) is 1.95. The Morgan fingerprint density at radius 2 is 1.90 bits per heavy atom. The summed E-state index contributed by atoms with van der Waals surface area (Å²) in [5, 5.41) is 3.69. The molecule has 0 atom stereocenters. The largest absolute Gasteiger partial charge is 0.497 e. The molecule has 1 amide bonds. The minimum Gasteiger partial charge on any atom is -0.497 e. The average molecular weight is 279 g/mol. The van der Waals surface area contributed by atoms with E-state index in [0.29, 0.717) is 17.0 Å². The Hall–Kier alpha value is -2.95. The van der Waals surface area contributed by atoms with Gasteiger partial charge in [-0.3, -0.25) is 4.79 Å². The highest BCUT2D eigenvalue weighted by Crippen LogP contribution is 2.16. The molecule has 0 spiro atoms. The molecular weight excluding hydrogens is 266 g/mol. The van der Waals surface area contributed by atoms with E-state index in [2.05, 4.69) is 15.3 Å². The van der Waals surface area contributed by atoms with Crippen LogP contribution in [0.5, 0.6) is 5.75 Å². The van der Waals surface area contributed by atoms with Crippen LogP contribution in [0.3, 0.4) is 0 Å². The van der Waals surface area contributed by atoms with Gasteiger partial charge in [0.05, 0.1) is 7.11 Å². The van der Waals surface area contributed by atoms with Gasteiger partial charge in [0.15, 0.2) is 5.65 Å². The van der Waals surface area contributed by atoms with Crippen molar-refractivity contribution in [2.24, 2.45) is 0 Å². The molecule has 0 saturated heterocycles. The molecule has 0 aliphatic rings. The van der Waals surface area contributed by atoms with Crippen molar-refractivity contribution in [3.63, 3.8) is 0 Å². The molecule has 0 aliphatic heterocycles. The molecule has 104 valence electrons. The Bertz CT molecular complexity index is 785. The first-order valence-corrected chi connectivity index (χ1v) is 6.43. The van der Waals surface area contributed by atoms with Crippen LogP contribution in [-0.4, -0.2) is 23.0 Å². The zero-order chi connectivity index (χ0) is 14.7. The predicted molar refractivity (Wildman–Crippen MR) is 80.5 cm³/mol. The second kappa shape index (κ2) is 5.58. The first-order valence-electron chi connectivity index (χ1n) is 6.43. The van der Waals surface area contributed by atoms with Gasteiger partial charge in [0, 0.05) is 17.3 Å². The summed E-state index contributed by atoms with van der Waals surface area (Å²) >= 11 is 0. The lowest BCUT2D eigenvalue weighted by atomic mass is 10.2. The molecule has 1 N–H and O–H groups in total. The first-order chi connectivity index (χ1) is 10.3. The minimum absolute atomic E-state index is 0.271. The maximum Gasteiger partial charge on any atom is 0.274 e. The van der Waals surface area contributed by atoms with Crippen molar-refractivity contribution in [1.82, 2.24) is 9.97 Å². The predicted octanol–water partition coefficient (Wildman–Crippen LogP) is 2.89. The monoisotopic (exact) mass is 279 g/mol. The van der Waals surface area contributed by atoms with E-state index in [1.54, 1.807) is 43.6 Å². The molecule has 0 fully saturated rings. The number of pyridine rings is 2. The maximum absolute atomic E-state index is 12.2. The Labute approximate surface area is 121 Å².